The van der Waals surface area contributed by atoms with Crippen molar-refractivity contribution in [2.45, 2.75) is 49.1 Å². The zero-order valence-electron chi connectivity index (χ0n) is 16.3. The van der Waals surface area contributed by atoms with Crippen LogP contribution < -0.4 is 4.72 Å². The molecule has 1 aliphatic heterocycles. The first-order chi connectivity index (χ1) is 13.1. The first-order valence-corrected chi connectivity index (χ1v) is 11.5. The largest absolute Gasteiger partial charge is 0.480 e. The first-order valence-electron chi connectivity index (χ1n) is 9.10. The molecule has 1 unspecified atom stereocenters. The molecule has 1 aromatic rings. The van der Waals surface area contributed by atoms with Gasteiger partial charge in [-0.3, -0.25) is 4.79 Å². The van der Waals surface area contributed by atoms with Gasteiger partial charge in [0.25, 0.3) is 0 Å². The molecule has 1 fully saturated rings. The van der Waals surface area contributed by atoms with Crippen LogP contribution in [0.25, 0.3) is 0 Å². The highest BCUT2D eigenvalue weighted by molar-refractivity contribution is 7.99. The molecule has 0 saturated carbocycles. The Bertz CT molecular complexity index is 805. The van der Waals surface area contributed by atoms with Crippen molar-refractivity contribution in [2.24, 2.45) is 4.58 Å². The normalized spacial score (nSPS) is 19.7. The van der Waals surface area contributed by atoms with Crippen molar-refractivity contribution in [3.05, 3.63) is 40.3 Å². The molecule has 0 spiro atoms. The van der Waals surface area contributed by atoms with E-state index in [-0.39, 0.29) is 12.2 Å². The van der Waals surface area contributed by atoms with E-state index in [4.69, 9.17) is 0 Å². The maximum absolute atomic E-state index is 12.9. The summed E-state index contributed by atoms with van der Waals surface area (Å²) < 4.78 is 30.1. The molecular formula is C18H27N3O5S2. The summed E-state index contributed by atoms with van der Waals surface area (Å²) >= 11 is 0.646. The molecule has 28 heavy (non-hydrogen) atoms. The lowest BCUT2D eigenvalue weighted by molar-refractivity contribution is -0.146. The number of nitrogens with one attached hydrogen (secondary N) is 1. The Morgan fingerprint density at radius 1 is 1.32 bits per heavy atom. The second-order valence-corrected chi connectivity index (χ2v) is 10.2. The highest BCUT2D eigenvalue weighted by atomic mass is 32.2. The molecule has 0 radical (unpaired) electrons. The topological polar surface area (TPSA) is 116 Å². The second-order valence-electron chi connectivity index (χ2n) is 7.37. The molecule has 8 nitrogen and oxygen atoms in total. The zero-order valence-corrected chi connectivity index (χ0v) is 18.0. The standard InChI is InChI=1S/C18H27N3O5S2/c1-4-18(16(22)23,17(27-20-24)9-11-21(3)12-10-17)19-28(25,26)13-15-7-5-14(2)6-8-15/h5-8,19H,4,9-13H2,1-3H3,(H,22,23). The van der Waals surface area contributed by atoms with E-state index in [0.29, 0.717) is 43.4 Å². The highest BCUT2D eigenvalue weighted by Gasteiger charge is 2.59. The van der Waals surface area contributed by atoms with Crippen LogP contribution in [0.4, 0.5) is 0 Å². The summed E-state index contributed by atoms with van der Waals surface area (Å²) in [5.74, 6) is -1.62. The number of likely N-dealkylation sites (tertiary alicyclic amines) is 1. The number of benzene rings is 1. The molecule has 0 amide bonds. The van der Waals surface area contributed by atoms with Crippen molar-refractivity contribution in [3.63, 3.8) is 0 Å². The Labute approximate surface area is 170 Å². The van der Waals surface area contributed by atoms with Gasteiger partial charge in [-0.25, -0.2) is 8.42 Å². The Hall–Kier alpha value is -1.49. The Morgan fingerprint density at radius 2 is 1.89 bits per heavy atom. The smallest absolute Gasteiger partial charge is 0.326 e. The average Bonchev–Trinajstić information content (AvgIpc) is 2.63. The number of piperidine rings is 1. The summed E-state index contributed by atoms with van der Waals surface area (Å²) in [5.41, 5.74) is -0.260. The van der Waals surface area contributed by atoms with Crippen LogP contribution in [0.2, 0.25) is 0 Å². The van der Waals surface area contributed by atoms with Gasteiger partial charge in [0.2, 0.25) is 10.0 Å². The quantitative estimate of drug-likeness (QED) is 0.458. The average molecular weight is 430 g/mol. The third kappa shape index (κ3) is 4.73. The van der Waals surface area contributed by atoms with E-state index in [2.05, 4.69) is 9.30 Å². The molecule has 0 aromatic heterocycles. The van der Waals surface area contributed by atoms with Gasteiger partial charge in [0.05, 0.1) is 10.5 Å². The molecule has 2 N–H and O–H groups in total. The van der Waals surface area contributed by atoms with Crippen LogP contribution in [0.15, 0.2) is 28.8 Å². The van der Waals surface area contributed by atoms with Gasteiger partial charge < -0.3 is 10.0 Å². The molecule has 1 atom stereocenters. The third-order valence-corrected chi connectivity index (χ3v) is 8.04. The fraction of sp³-hybridized carbons (Fsp3) is 0.611. The fourth-order valence-corrected chi connectivity index (χ4v) is 6.40. The van der Waals surface area contributed by atoms with E-state index in [0.717, 1.165) is 5.56 Å². The summed E-state index contributed by atoms with van der Waals surface area (Å²) in [6.45, 7) is 4.62. The van der Waals surface area contributed by atoms with E-state index in [1.54, 1.807) is 31.2 Å². The minimum atomic E-state index is -3.98. The molecule has 1 saturated heterocycles. The van der Waals surface area contributed by atoms with Crippen molar-refractivity contribution in [1.82, 2.24) is 9.62 Å². The number of hydrogen-bond acceptors (Lipinski definition) is 7. The van der Waals surface area contributed by atoms with Crippen molar-refractivity contribution in [2.75, 3.05) is 20.1 Å². The number of carboxylic acids is 1. The number of rotatable bonds is 9. The van der Waals surface area contributed by atoms with Crippen LogP contribution in [-0.4, -0.2) is 54.8 Å². The van der Waals surface area contributed by atoms with Crippen LogP contribution in [0.1, 0.15) is 37.3 Å². The van der Waals surface area contributed by atoms with E-state index < -0.39 is 26.3 Å². The van der Waals surface area contributed by atoms with Crippen LogP contribution in [0.5, 0.6) is 0 Å². The van der Waals surface area contributed by atoms with Crippen LogP contribution in [0, 0.1) is 11.8 Å². The van der Waals surface area contributed by atoms with E-state index in [9.17, 15) is 23.2 Å². The van der Waals surface area contributed by atoms with Crippen molar-refractivity contribution < 1.29 is 18.3 Å². The number of carbonyl (C=O) groups is 1. The van der Waals surface area contributed by atoms with Gasteiger partial charge in [-0.1, -0.05) is 36.8 Å². The fourth-order valence-electron chi connectivity index (χ4n) is 3.73. The first kappa shape index (κ1) is 22.8. The Kier molecular flexibility index (Phi) is 7.24. The zero-order chi connectivity index (χ0) is 21.0. The summed E-state index contributed by atoms with van der Waals surface area (Å²) in [7, 11) is -2.08. The van der Waals surface area contributed by atoms with Crippen molar-refractivity contribution in [3.8, 4) is 0 Å². The number of hydrogen-bond donors (Lipinski definition) is 2. The Morgan fingerprint density at radius 3 is 2.36 bits per heavy atom. The number of nitroso groups, excluding NO2 is 1. The number of nitrogens with zero attached hydrogens (tertiary/aromatic N) is 2. The Balaban J connectivity index is 2.41. The summed E-state index contributed by atoms with van der Waals surface area (Å²) in [5, 5.41) is 10.1. The van der Waals surface area contributed by atoms with Crippen molar-refractivity contribution >= 4 is 27.9 Å². The third-order valence-electron chi connectivity index (χ3n) is 5.49. The van der Waals surface area contributed by atoms with E-state index >= 15 is 0 Å². The highest BCUT2D eigenvalue weighted by Crippen LogP contribution is 2.47. The van der Waals surface area contributed by atoms with E-state index in [1.165, 1.54) is 0 Å². The van der Waals surface area contributed by atoms with Crippen LogP contribution in [0.3, 0.4) is 0 Å². The number of carboxylic acid groups (broad SMARTS) is 1. The molecule has 10 heteroatoms. The minimum Gasteiger partial charge on any atom is -0.480 e. The predicted octanol–water partition coefficient (Wildman–Crippen LogP) is 2.53. The molecular weight excluding hydrogens is 402 g/mol. The van der Waals surface area contributed by atoms with E-state index in [1.807, 2.05) is 18.9 Å². The van der Waals surface area contributed by atoms with Crippen molar-refractivity contribution in [1.29, 1.82) is 0 Å². The van der Waals surface area contributed by atoms with Gasteiger partial charge in [-0.15, -0.1) is 4.91 Å². The summed E-state index contributed by atoms with van der Waals surface area (Å²) in [6, 6.07) is 7.02. The van der Waals surface area contributed by atoms with Gasteiger partial charge >= 0.3 is 5.97 Å². The van der Waals surface area contributed by atoms with Gasteiger partial charge in [0.15, 0.2) is 0 Å². The molecule has 1 aliphatic rings. The monoisotopic (exact) mass is 429 g/mol. The molecule has 2 rings (SSSR count). The lowest BCUT2D eigenvalue weighted by Crippen LogP contribution is -2.69. The molecule has 156 valence electrons. The number of aryl methyl sites for hydroxylation is 1. The van der Waals surface area contributed by atoms with Gasteiger partial charge in [-0.05, 0) is 51.9 Å². The van der Waals surface area contributed by atoms with Gasteiger partial charge in [0.1, 0.15) is 5.54 Å². The molecule has 1 heterocycles. The van der Waals surface area contributed by atoms with Gasteiger partial charge in [-0.2, -0.15) is 4.72 Å². The molecule has 1 aromatic carbocycles. The minimum absolute atomic E-state index is 0.00168. The number of sulfonamides is 1. The van der Waals surface area contributed by atoms with Gasteiger partial charge in [0, 0.05) is 16.5 Å². The summed E-state index contributed by atoms with van der Waals surface area (Å²) in [6.07, 6.45) is 0.682. The summed E-state index contributed by atoms with van der Waals surface area (Å²) in [4.78, 5) is 25.6. The molecule has 0 aliphatic carbocycles. The maximum atomic E-state index is 12.9. The van der Waals surface area contributed by atoms with Crippen LogP contribution >= 0.6 is 11.9 Å². The molecule has 0 bridgehead atoms. The predicted molar refractivity (Wildman–Crippen MR) is 110 cm³/mol. The lowest BCUT2D eigenvalue weighted by Gasteiger charge is -2.48. The lowest BCUT2D eigenvalue weighted by atomic mass is 9.75. The number of aliphatic carboxylic acids is 1. The SMILES string of the molecule is CCC(NS(=O)(=O)Cc1ccc(C)cc1)(C(=O)O)C1(SN=O)CCN(C)CC1. The maximum Gasteiger partial charge on any atom is 0.326 e. The van der Waals surface area contributed by atoms with Crippen LogP contribution in [-0.2, 0) is 20.6 Å². The second kappa shape index (κ2) is 8.89.